The third-order valence-corrected chi connectivity index (χ3v) is 0. The average molecular weight is 108 g/mol. The second kappa shape index (κ2) is 0.962. The molecule has 0 amide bonds. The van der Waals surface area contributed by atoms with Crippen molar-refractivity contribution in [1.82, 2.24) is 0 Å². The van der Waals surface area contributed by atoms with Crippen LogP contribution >= 0.6 is 6.83 Å². The molecule has 0 aromatic carbocycles. The topological polar surface area (TPSA) is 20.2 Å². The predicted octanol–water partition coefficient (Wildman–Crippen LogP) is 0.966. The van der Waals surface area contributed by atoms with Crippen molar-refractivity contribution < 1.29 is 4.89 Å². The molecular weight excluding hydrogens is 95.0 g/mol. The van der Waals surface area contributed by atoms with Gasteiger partial charge in [-0.05, 0) is 0 Å². The number of rotatable bonds is 0. The second-order valence-electron chi connectivity index (χ2n) is 3.48. The summed E-state index contributed by atoms with van der Waals surface area (Å²) in [5, 5.41) is 0. The Balaban J connectivity index is 3.73. The van der Waals surface area contributed by atoms with Crippen LogP contribution < -0.4 is 0 Å². The molecule has 0 fully saturated rings. The summed E-state index contributed by atoms with van der Waals surface area (Å²) < 4.78 is 0. The molecule has 0 aliphatic heterocycles. The zero-order chi connectivity index (χ0) is 5.45. The van der Waals surface area contributed by atoms with Gasteiger partial charge in [0.05, 0.1) is 0 Å². The summed E-state index contributed by atoms with van der Waals surface area (Å²) >= 11 is 0. The van der Waals surface area contributed by atoms with E-state index >= 15 is 0 Å². The fraction of sp³-hybridized carbons (Fsp3) is 1.00. The fourth-order valence-corrected chi connectivity index (χ4v) is 0. The van der Waals surface area contributed by atoms with Crippen LogP contribution in [-0.2, 0) is 0 Å². The third kappa shape index (κ3) is 332. The minimum absolute atomic E-state index is 1.89. The number of hydrogen-bond acceptors (Lipinski definition) is 1. The maximum absolute atomic E-state index is 9.12. The van der Waals surface area contributed by atoms with Gasteiger partial charge in [0.25, 0.3) is 0 Å². The average Bonchev–Trinajstić information content (AvgIpc) is 0.650. The molecule has 2 heteroatoms. The molecule has 1 N–H and O–H groups in total. The van der Waals surface area contributed by atoms with Crippen molar-refractivity contribution in [2.24, 2.45) is 0 Å². The van der Waals surface area contributed by atoms with E-state index in [0.29, 0.717) is 0 Å². The normalized spacial score (nSPS) is 19.2. The summed E-state index contributed by atoms with van der Waals surface area (Å²) in [6, 6.07) is 0. The molecule has 0 atom stereocenters. The molecule has 0 saturated carbocycles. The first-order valence-electron chi connectivity index (χ1n) is 1.99. The quantitative estimate of drug-likeness (QED) is 0.458. The van der Waals surface area contributed by atoms with E-state index in [1.165, 1.54) is 0 Å². The SMILES string of the molecule is CP(C)(C)(C)O. The van der Waals surface area contributed by atoms with Crippen LogP contribution in [0.2, 0.25) is 0 Å². The van der Waals surface area contributed by atoms with Crippen LogP contribution in [0.1, 0.15) is 0 Å². The second-order valence-corrected chi connectivity index (χ2v) is 10.4. The maximum atomic E-state index is 9.12. The van der Waals surface area contributed by atoms with E-state index in [1.54, 1.807) is 0 Å². The van der Waals surface area contributed by atoms with Gasteiger partial charge in [-0.15, -0.1) is 0 Å². The van der Waals surface area contributed by atoms with E-state index in [0.717, 1.165) is 0 Å². The van der Waals surface area contributed by atoms with E-state index in [4.69, 9.17) is 4.89 Å². The van der Waals surface area contributed by atoms with E-state index < -0.39 is 6.83 Å². The van der Waals surface area contributed by atoms with E-state index in [-0.39, 0.29) is 0 Å². The monoisotopic (exact) mass is 108 g/mol. The molecule has 0 aliphatic carbocycles. The van der Waals surface area contributed by atoms with Gasteiger partial charge in [-0.3, -0.25) is 0 Å². The molecule has 0 saturated heterocycles. The Labute approximate surface area is 39.4 Å². The van der Waals surface area contributed by atoms with Gasteiger partial charge in [0.15, 0.2) is 0 Å². The van der Waals surface area contributed by atoms with Gasteiger partial charge >= 0.3 is 38.4 Å². The van der Waals surface area contributed by atoms with E-state index in [9.17, 15) is 0 Å². The van der Waals surface area contributed by atoms with Crippen LogP contribution in [0.15, 0.2) is 0 Å². The van der Waals surface area contributed by atoms with Crippen LogP contribution in [0.3, 0.4) is 0 Å². The van der Waals surface area contributed by atoms with Gasteiger partial charge < -0.3 is 0 Å². The minimum atomic E-state index is -2.05. The van der Waals surface area contributed by atoms with Crippen molar-refractivity contribution in [1.29, 1.82) is 0 Å². The zero-order valence-electron chi connectivity index (χ0n) is 4.89. The molecule has 0 spiro atoms. The van der Waals surface area contributed by atoms with Gasteiger partial charge in [-0.2, -0.15) is 0 Å². The predicted molar refractivity (Wildman–Crippen MR) is 32.8 cm³/mol. The van der Waals surface area contributed by atoms with Crippen LogP contribution in [0.5, 0.6) is 0 Å². The molecular formula is C4H13OP. The van der Waals surface area contributed by atoms with Crippen molar-refractivity contribution in [3.05, 3.63) is 0 Å². The summed E-state index contributed by atoms with van der Waals surface area (Å²) in [4.78, 5) is 9.12. The molecule has 6 heavy (non-hydrogen) atoms. The molecule has 0 unspecified atom stereocenters. The summed E-state index contributed by atoms with van der Waals surface area (Å²) in [5.41, 5.74) is 0. The van der Waals surface area contributed by atoms with E-state index in [2.05, 4.69) is 0 Å². The molecule has 40 valence electrons. The molecule has 0 radical (unpaired) electrons. The Kier molecular flexibility index (Phi) is 1.02. The molecule has 0 aromatic heterocycles. The zero-order valence-corrected chi connectivity index (χ0v) is 5.79. The molecule has 1 nitrogen and oxygen atoms in total. The fourth-order valence-electron chi connectivity index (χ4n) is 0. The summed E-state index contributed by atoms with van der Waals surface area (Å²) in [7, 11) is 0. The van der Waals surface area contributed by atoms with Crippen LogP contribution in [0.4, 0.5) is 0 Å². The summed E-state index contributed by atoms with van der Waals surface area (Å²) in [5.74, 6) is 0. The molecule has 0 bridgehead atoms. The molecule has 0 heterocycles. The van der Waals surface area contributed by atoms with Gasteiger partial charge in [0.1, 0.15) is 0 Å². The summed E-state index contributed by atoms with van der Waals surface area (Å²) in [6.45, 7) is 5.53. The Hall–Kier alpha value is 0.390. The van der Waals surface area contributed by atoms with Crippen LogP contribution in [0.25, 0.3) is 0 Å². The first kappa shape index (κ1) is 6.39. The van der Waals surface area contributed by atoms with Gasteiger partial charge in [0.2, 0.25) is 0 Å². The van der Waals surface area contributed by atoms with Crippen molar-refractivity contribution in [3.8, 4) is 0 Å². The standard InChI is InChI=1S/C4H13OP/c1-6(2,3,4)5/h5H,1-4H3. The van der Waals surface area contributed by atoms with Gasteiger partial charge in [-0.1, -0.05) is 0 Å². The molecule has 0 aliphatic rings. The van der Waals surface area contributed by atoms with E-state index in [1.807, 2.05) is 26.7 Å². The van der Waals surface area contributed by atoms with Crippen molar-refractivity contribution in [2.75, 3.05) is 26.7 Å². The molecule has 0 aromatic rings. The summed E-state index contributed by atoms with van der Waals surface area (Å²) in [6.07, 6.45) is 0. The van der Waals surface area contributed by atoms with Gasteiger partial charge in [-0.25, -0.2) is 0 Å². The van der Waals surface area contributed by atoms with Crippen LogP contribution in [-0.4, -0.2) is 31.6 Å². The van der Waals surface area contributed by atoms with Crippen molar-refractivity contribution in [3.63, 3.8) is 0 Å². The van der Waals surface area contributed by atoms with Crippen molar-refractivity contribution in [2.45, 2.75) is 0 Å². The van der Waals surface area contributed by atoms with Crippen LogP contribution in [0, 0.1) is 0 Å². The first-order chi connectivity index (χ1) is 2.24. The Bertz CT molecular complexity index is 40.7. The Morgan fingerprint density at radius 1 is 1.00 bits per heavy atom. The Morgan fingerprint density at radius 3 is 1.00 bits per heavy atom. The number of hydrogen-bond donors (Lipinski definition) is 1. The van der Waals surface area contributed by atoms with Crippen molar-refractivity contribution >= 4 is 6.83 Å². The first-order valence-corrected chi connectivity index (χ1v) is 5.97. The van der Waals surface area contributed by atoms with Gasteiger partial charge in [0, 0.05) is 0 Å². The third-order valence-electron chi connectivity index (χ3n) is 0. The Morgan fingerprint density at radius 2 is 1.00 bits per heavy atom. The molecule has 0 rings (SSSR count).